The van der Waals surface area contributed by atoms with Gasteiger partial charge in [-0.05, 0) is 53.5 Å². The number of hydrogen-bond donors (Lipinski definition) is 3. The van der Waals surface area contributed by atoms with Gasteiger partial charge < -0.3 is 15.7 Å². The van der Waals surface area contributed by atoms with E-state index in [1.54, 1.807) is 13.8 Å². The van der Waals surface area contributed by atoms with Crippen LogP contribution in [0.25, 0.3) is 0 Å². The SMILES string of the molecule is CCC1(C(=O)NC(C)(C)C(C)(C)O)CCCN1. The Morgan fingerprint density at radius 3 is 2.35 bits per heavy atom. The van der Waals surface area contributed by atoms with E-state index in [0.29, 0.717) is 0 Å². The molecule has 1 amide bonds. The van der Waals surface area contributed by atoms with Gasteiger partial charge in [-0.1, -0.05) is 6.92 Å². The Morgan fingerprint density at radius 1 is 1.41 bits per heavy atom. The Balaban J connectivity index is 2.78. The van der Waals surface area contributed by atoms with E-state index in [2.05, 4.69) is 10.6 Å². The van der Waals surface area contributed by atoms with Crippen molar-refractivity contribution in [1.29, 1.82) is 0 Å². The summed E-state index contributed by atoms with van der Waals surface area (Å²) >= 11 is 0. The van der Waals surface area contributed by atoms with Gasteiger partial charge in [0, 0.05) is 0 Å². The second kappa shape index (κ2) is 4.58. The van der Waals surface area contributed by atoms with Gasteiger partial charge in [-0.15, -0.1) is 0 Å². The maximum atomic E-state index is 12.4. The van der Waals surface area contributed by atoms with Gasteiger partial charge >= 0.3 is 0 Å². The fraction of sp³-hybridized carbons (Fsp3) is 0.923. The fourth-order valence-corrected chi connectivity index (χ4v) is 2.02. The molecule has 0 saturated carbocycles. The number of nitrogens with one attached hydrogen (secondary N) is 2. The smallest absolute Gasteiger partial charge is 0.240 e. The Kier molecular flexibility index (Phi) is 3.89. The maximum absolute atomic E-state index is 12.4. The molecule has 1 unspecified atom stereocenters. The number of amides is 1. The van der Waals surface area contributed by atoms with Crippen LogP contribution in [0.2, 0.25) is 0 Å². The van der Waals surface area contributed by atoms with Gasteiger partial charge in [-0.25, -0.2) is 0 Å². The average molecular weight is 242 g/mol. The molecular weight excluding hydrogens is 216 g/mol. The summed E-state index contributed by atoms with van der Waals surface area (Å²) in [6.07, 6.45) is 2.68. The van der Waals surface area contributed by atoms with Crippen LogP contribution in [0.5, 0.6) is 0 Å². The van der Waals surface area contributed by atoms with Gasteiger partial charge in [0.1, 0.15) is 0 Å². The highest BCUT2D eigenvalue weighted by Gasteiger charge is 2.44. The van der Waals surface area contributed by atoms with Crippen molar-refractivity contribution in [2.24, 2.45) is 0 Å². The first-order chi connectivity index (χ1) is 7.65. The normalized spacial score (nSPS) is 26.0. The van der Waals surface area contributed by atoms with Crippen molar-refractivity contribution in [2.75, 3.05) is 6.54 Å². The van der Waals surface area contributed by atoms with Crippen molar-refractivity contribution >= 4 is 5.91 Å². The lowest BCUT2D eigenvalue weighted by Gasteiger charge is -2.40. The lowest BCUT2D eigenvalue weighted by atomic mass is 9.84. The Hall–Kier alpha value is -0.610. The second-order valence-corrected chi connectivity index (χ2v) is 6.10. The van der Waals surface area contributed by atoms with E-state index in [1.165, 1.54) is 0 Å². The molecule has 1 saturated heterocycles. The minimum absolute atomic E-state index is 0.00428. The zero-order chi connectivity index (χ0) is 13.3. The molecule has 0 bridgehead atoms. The third kappa shape index (κ3) is 2.80. The molecule has 1 aliphatic rings. The highest BCUT2D eigenvalue weighted by molar-refractivity contribution is 5.87. The molecule has 0 spiro atoms. The lowest BCUT2D eigenvalue weighted by Crippen LogP contribution is -2.64. The van der Waals surface area contributed by atoms with Crippen LogP contribution in [0.15, 0.2) is 0 Å². The van der Waals surface area contributed by atoms with E-state index in [-0.39, 0.29) is 5.91 Å². The first-order valence-electron chi connectivity index (χ1n) is 6.45. The third-order valence-electron chi connectivity index (χ3n) is 4.24. The molecule has 0 radical (unpaired) electrons. The van der Waals surface area contributed by atoms with Crippen LogP contribution in [0.3, 0.4) is 0 Å². The van der Waals surface area contributed by atoms with Gasteiger partial charge in [0.15, 0.2) is 0 Å². The molecule has 4 nitrogen and oxygen atoms in total. The van der Waals surface area contributed by atoms with Gasteiger partial charge in [-0.2, -0.15) is 0 Å². The quantitative estimate of drug-likeness (QED) is 0.694. The standard InChI is InChI=1S/C13H26N2O2/c1-6-13(8-7-9-14-13)10(16)15-11(2,3)12(4,5)17/h14,17H,6-9H2,1-5H3,(H,15,16). The largest absolute Gasteiger partial charge is 0.388 e. The summed E-state index contributed by atoms with van der Waals surface area (Å²) in [5, 5.41) is 16.3. The predicted octanol–water partition coefficient (Wildman–Crippen LogP) is 1.18. The van der Waals surface area contributed by atoms with Crippen LogP contribution in [0.1, 0.15) is 53.9 Å². The van der Waals surface area contributed by atoms with E-state index < -0.39 is 16.7 Å². The van der Waals surface area contributed by atoms with Crippen LogP contribution < -0.4 is 10.6 Å². The van der Waals surface area contributed by atoms with Gasteiger partial charge in [0.2, 0.25) is 5.91 Å². The molecule has 1 aliphatic heterocycles. The van der Waals surface area contributed by atoms with Gasteiger partial charge in [0.05, 0.1) is 16.7 Å². The van der Waals surface area contributed by atoms with Crippen molar-refractivity contribution in [1.82, 2.24) is 10.6 Å². The average Bonchev–Trinajstić information content (AvgIpc) is 2.64. The zero-order valence-electron chi connectivity index (χ0n) is 11.7. The molecule has 0 aliphatic carbocycles. The molecule has 0 aromatic carbocycles. The highest BCUT2D eigenvalue weighted by atomic mass is 16.3. The summed E-state index contributed by atoms with van der Waals surface area (Å²) in [7, 11) is 0. The zero-order valence-corrected chi connectivity index (χ0v) is 11.7. The molecule has 17 heavy (non-hydrogen) atoms. The van der Waals surface area contributed by atoms with Crippen LogP contribution in [-0.2, 0) is 4.79 Å². The van der Waals surface area contributed by atoms with Crippen molar-refractivity contribution in [3.05, 3.63) is 0 Å². The van der Waals surface area contributed by atoms with E-state index in [9.17, 15) is 9.90 Å². The minimum atomic E-state index is -0.948. The molecule has 0 aromatic rings. The predicted molar refractivity (Wildman–Crippen MR) is 68.8 cm³/mol. The minimum Gasteiger partial charge on any atom is -0.388 e. The number of carbonyl (C=O) groups is 1. The van der Waals surface area contributed by atoms with Crippen molar-refractivity contribution in [3.63, 3.8) is 0 Å². The van der Waals surface area contributed by atoms with Crippen molar-refractivity contribution in [2.45, 2.75) is 70.6 Å². The summed E-state index contributed by atoms with van der Waals surface area (Å²) in [5.41, 5.74) is -2.03. The van der Waals surface area contributed by atoms with Crippen LogP contribution in [0.4, 0.5) is 0 Å². The Labute approximate surface area is 104 Å². The molecule has 1 atom stereocenters. The third-order valence-corrected chi connectivity index (χ3v) is 4.24. The fourth-order valence-electron chi connectivity index (χ4n) is 2.02. The molecule has 4 heteroatoms. The number of hydrogen-bond acceptors (Lipinski definition) is 3. The summed E-state index contributed by atoms with van der Waals surface area (Å²) in [5.74, 6) is 0.00428. The van der Waals surface area contributed by atoms with E-state index in [0.717, 1.165) is 25.8 Å². The summed E-state index contributed by atoms with van der Waals surface area (Å²) < 4.78 is 0. The molecular formula is C13H26N2O2. The van der Waals surface area contributed by atoms with E-state index in [4.69, 9.17) is 0 Å². The number of rotatable bonds is 4. The first-order valence-corrected chi connectivity index (χ1v) is 6.45. The maximum Gasteiger partial charge on any atom is 0.240 e. The van der Waals surface area contributed by atoms with Crippen molar-refractivity contribution < 1.29 is 9.90 Å². The molecule has 1 heterocycles. The van der Waals surface area contributed by atoms with Gasteiger partial charge in [-0.3, -0.25) is 4.79 Å². The molecule has 0 aromatic heterocycles. The molecule has 1 rings (SSSR count). The summed E-state index contributed by atoms with van der Waals surface area (Å²) in [6, 6.07) is 0. The van der Waals surface area contributed by atoms with Crippen LogP contribution in [-0.4, -0.2) is 34.2 Å². The Bertz CT molecular complexity index is 286. The molecule has 100 valence electrons. The lowest BCUT2D eigenvalue weighted by molar-refractivity contribution is -0.132. The Morgan fingerprint density at radius 2 is 2.00 bits per heavy atom. The summed E-state index contributed by atoms with van der Waals surface area (Å²) in [4.78, 5) is 12.4. The molecule has 1 fully saturated rings. The second-order valence-electron chi connectivity index (χ2n) is 6.10. The molecule has 3 N–H and O–H groups in total. The highest BCUT2D eigenvalue weighted by Crippen LogP contribution is 2.26. The number of aliphatic hydroxyl groups is 1. The number of carbonyl (C=O) groups excluding carboxylic acids is 1. The van der Waals surface area contributed by atoms with E-state index in [1.807, 2.05) is 20.8 Å². The van der Waals surface area contributed by atoms with Crippen LogP contribution >= 0.6 is 0 Å². The van der Waals surface area contributed by atoms with E-state index >= 15 is 0 Å². The van der Waals surface area contributed by atoms with Gasteiger partial charge in [0.25, 0.3) is 0 Å². The topological polar surface area (TPSA) is 61.4 Å². The first kappa shape index (κ1) is 14.5. The summed E-state index contributed by atoms with van der Waals surface area (Å²) in [6.45, 7) is 10.0. The van der Waals surface area contributed by atoms with Crippen LogP contribution in [0, 0.1) is 0 Å². The van der Waals surface area contributed by atoms with Crippen molar-refractivity contribution in [3.8, 4) is 0 Å². The monoisotopic (exact) mass is 242 g/mol.